The molecule has 1 aliphatic rings. The van der Waals surface area contributed by atoms with Crippen LogP contribution >= 0.6 is 0 Å². The van der Waals surface area contributed by atoms with Crippen LogP contribution in [0.3, 0.4) is 0 Å². The fourth-order valence-corrected chi connectivity index (χ4v) is 3.67. The van der Waals surface area contributed by atoms with Gasteiger partial charge in [-0.15, -0.1) is 0 Å². The highest BCUT2D eigenvalue weighted by molar-refractivity contribution is 7.94. The Bertz CT molecular complexity index is 652. The summed E-state index contributed by atoms with van der Waals surface area (Å²) in [5.41, 5.74) is 2.01. The van der Waals surface area contributed by atoms with Crippen LogP contribution in [0.1, 0.15) is 32.8 Å². The van der Waals surface area contributed by atoms with Gasteiger partial charge in [0.2, 0.25) is 5.91 Å². The molecule has 0 aromatic heterocycles. The van der Waals surface area contributed by atoms with E-state index in [1.165, 1.54) is 11.0 Å². The number of hydrogen-bond donors (Lipinski definition) is 1. The Kier molecular flexibility index (Phi) is 4.23. The summed E-state index contributed by atoms with van der Waals surface area (Å²) in [5.74, 6) is -0.349. The molecule has 0 aliphatic carbocycles. The Morgan fingerprint density at radius 1 is 1.24 bits per heavy atom. The maximum atomic E-state index is 11.9. The molecule has 1 N–H and O–H groups in total. The molecule has 0 saturated carbocycles. The highest BCUT2D eigenvalue weighted by Gasteiger charge is 2.23. The Morgan fingerprint density at radius 2 is 1.86 bits per heavy atom. The van der Waals surface area contributed by atoms with Crippen molar-refractivity contribution in [1.82, 2.24) is 0 Å². The van der Waals surface area contributed by atoms with Crippen LogP contribution < -0.4 is 5.32 Å². The van der Waals surface area contributed by atoms with Crippen LogP contribution in [0, 0.1) is 5.92 Å². The second-order valence-electron chi connectivity index (χ2n) is 6.50. The average molecular weight is 307 g/mol. The number of amides is 1. The third-order valence-electron chi connectivity index (χ3n) is 3.49. The largest absolute Gasteiger partial charge is 0.326 e. The zero-order valence-electron chi connectivity index (χ0n) is 12.6. The maximum Gasteiger partial charge on any atom is 0.224 e. The Morgan fingerprint density at radius 3 is 2.33 bits per heavy atom. The summed E-state index contributed by atoms with van der Waals surface area (Å²) in [6, 6.07) is 7.74. The first-order chi connectivity index (χ1) is 9.66. The standard InChI is InChI=1S/C16H21NO3S/c1-16(2,3)13-4-6-14(7-5-13)17-15(18)10-12-8-9-21(19,20)11-12/h4-9,12H,10-11H2,1-3H3,(H,17,18). The lowest BCUT2D eigenvalue weighted by atomic mass is 9.87. The smallest absolute Gasteiger partial charge is 0.224 e. The molecular formula is C16H21NO3S. The van der Waals surface area contributed by atoms with E-state index in [0.29, 0.717) is 0 Å². The fourth-order valence-electron chi connectivity index (χ4n) is 2.27. The van der Waals surface area contributed by atoms with E-state index in [1.54, 1.807) is 6.08 Å². The van der Waals surface area contributed by atoms with Crippen LogP contribution in [0.2, 0.25) is 0 Å². The van der Waals surface area contributed by atoms with Crippen molar-refractivity contribution < 1.29 is 13.2 Å². The molecule has 114 valence electrons. The molecular weight excluding hydrogens is 286 g/mol. The van der Waals surface area contributed by atoms with Crippen molar-refractivity contribution >= 4 is 21.4 Å². The van der Waals surface area contributed by atoms with E-state index in [2.05, 4.69) is 26.1 Å². The Labute approximate surface area is 126 Å². The molecule has 1 aliphatic heterocycles. The number of benzene rings is 1. The van der Waals surface area contributed by atoms with Gasteiger partial charge in [0, 0.05) is 23.4 Å². The van der Waals surface area contributed by atoms with Crippen molar-refractivity contribution in [1.29, 1.82) is 0 Å². The van der Waals surface area contributed by atoms with Gasteiger partial charge in [-0.05, 0) is 23.1 Å². The first kappa shape index (κ1) is 15.8. The molecule has 2 rings (SSSR count). The number of nitrogens with one attached hydrogen (secondary N) is 1. The lowest BCUT2D eigenvalue weighted by Gasteiger charge is -2.19. The number of carbonyl (C=O) groups is 1. The summed E-state index contributed by atoms with van der Waals surface area (Å²) in [6.45, 7) is 6.40. The van der Waals surface area contributed by atoms with Gasteiger partial charge in [0.15, 0.2) is 9.84 Å². The first-order valence-corrected chi connectivity index (χ1v) is 8.69. The second-order valence-corrected chi connectivity index (χ2v) is 8.43. The summed E-state index contributed by atoms with van der Waals surface area (Å²) in [4.78, 5) is 11.9. The molecule has 0 radical (unpaired) electrons. The minimum absolute atomic E-state index is 0.0311. The first-order valence-electron chi connectivity index (χ1n) is 6.97. The number of hydrogen-bond acceptors (Lipinski definition) is 3. The zero-order chi connectivity index (χ0) is 15.7. The average Bonchev–Trinajstić information content (AvgIpc) is 2.68. The Hall–Kier alpha value is -1.62. The number of anilines is 1. The van der Waals surface area contributed by atoms with E-state index in [-0.39, 0.29) is 29.4 Å². The van der Waals surface area contributed by atoms with Crippen LogP contribution in [0.15, 0.2) is 35.7 Å². The van der Waals surface area contributed by atoms with Crippen molar-refractivity contribution in [2.75, 3.05) is 11.1 Å². The van der Waals surface area contributed by atoms with Crippen molar-refractivity contribution in [3.8, 4) is 0 Å². The molecule has 1 aromatic carbocycles. The third kappa shape index (κ3) is 4.43. The number of rotatable bonds is 3. The molecule has 1 amide bonds. The quantitative estimate of drug-likeness (QED) is 0.934. The molecule has 1 heterocycles. The van der Waals surface area contributed by atoms with Gasteiger partial charge in [0.1, 0.15) is 0 Å². The molecule has 1 unspecified atom stereocenters. The molecule has 5 heteroatoms. The van der Waals surface area contributed by atoms with Crippen LogP contribution in [-0.4, -0.2) is 20.1 Å². The fraction of sp³-hybridized carbons (Fsp3) is 0.438. The molecule has 1 aromatic rings. The number of sulfone groups is 1. The van der Waals surface area contributed by atoms with Crippen LogP contribution in [0.25, 0.3) is 0 Å². The minimum Gasteiger partial charge on any atom is -0.326 e. The van der Waals surface area contributed by atoms with Crippen LogP contribution in [0.5, 0.6) is 0 Å². The molecule has 4 nitrogen and oxygen atoms in total. The predicted octanol–water partition coefficient (Wildman–Crippen LogP) is 2.87. The van der Waals surface area contributed by atoms with Crippen molar-refractivity contribution in [2.24, 2.45) is 5.92 Å². The molecule has 0 spiro atoms. The van der Waals surface area contributed by atoms with Crippen LogP contribution in [0.4, 0.5) is 5.69 Å². The highest BCUT2D eigenvalue weighted by Crippen LogP contribution is 2.24. The second kappa shape index (κ2) is 5.64. The summed E-state index contributed by atoms with van der Waals surface area (Å²) in [6.07, 6.45) is 1.79. The minimum atomic E-state index is -3.10. The lowest BCUT2D eigenvalue weighted by Crippen LogP contribution is -2.18. The zero-order valence-corrected chi connectivity index (χ0v) is 13.4. The topological polar surface area (TPSA) is 63.2 Å². The summed E-state index contributed by atoms with van der Waals surface area (Å²) < 4.78 is 22.6. The molecule has 21 heavy (non-hydrogen) atoms. The molecule has 0 bridgehead atoms. The van der Waals surface area contributed by atoms with E-state index in [0.717, 1.165) is 5.69 Å². The van der Waals surface area contributed by atoms with Crippen molar-refractivity contribution in [3.63, 3.8) is 0 Å². The van der Waals surface area contributed by atoms with E-state index >= 15 is 0 Å². The van der Waals surface area contributed by atoms with Gasteiger partial charge < -0.3 is 5.32 Å². The van der Waals surface area contributed by atoms with E-state index in [4.69, 9.17) is 0 Å². The third-order valence-corrected chi connectivity index (χ3v) is 4.95. The van der Waals surface area contributed by atoms with Gasteiger partial charge in [0.05, 0.1) is 5.75 Å². The van der Waals surface area contributed by atoms with Crippen LogP contribution in [-0.2, 0) is 20.0 Å². The summed E-state index contributed by atoms with van der Waals surface area (Å²) >= 11 is 0. The maximum absolute atomic E-state index is 11.9. The van der Waals surface area contributed by atoms with Gasteiger partial charge in [-0.3, -0.25) is 4.79 Å². The predicted molar refractivity (Wildman–Crippen MR) is 84.8 cm³/mol. The lowest BCUT2D eigenvalue weighted by molar-refractivity contribution is -0.116. The van der Waals surface area contributed by atoms with E-state index in [1.807, 2.05) is 24.3 Å². The molecule has 1 atom stereocenters. The Balaban J connectivity index is 1.93. The number of allylic oxidation sites excluding steroid dienone is 1. The van der Waals surface area contributed by atoms with E-state index in [9.17, 15) is 13.2 Å². The summed E-state index contributed by atoms with van der Waals surface area (Å²) in [5, 5.41) is 4.00. The normalized spacial score (nSPS) is 20.4. The van der Waals surface area contributed by atoms with Gasteiger partial charge >= 0.3 is 0 Å². The van der Waals surface area contributed by atoms with Gasteiger partial charge in [-0.1, -0.05) is 39.0 Å². The van der Waals surface area contributed by atoms with E-state index < -0.39 is 9.84 Å². The van der Waals surface area contributed by atoms with Crippen molar-refractivity contribution in [3.05, 3.63) is 41.3 Å². The SMILES string of the molecule is CC(C)(C)c1ccc(NC(=O)CC2C=CS(=O)(=O)C2)cc1. The highest BCUT2D eigenvalue weighted by atomic mass is 32.2. The summed E-state index contributed by atoms with van der Waals surface area (Å²) in [7, 11) is -3.10. The molecule has 0 saturated heterocycles. The monoisotopic (exact) mass is 307 g/mol. The van der Waals surface area contributed by atoms with Gasteiger partial charge in [-0.2, -0.15) is 0 Å². The molecule has 0 fully saturated rings. The van der Waals surface area contributed by atoms with Crippen molar-refractivity contribution in [2.45, 2.75) is 32.6 Å². The van der Waals surface area contributed by atoms with Gasteiger partial charge in [0.25, 0.3) is 0 Å². The number of carbonyl (C=O) groups excluding carboxylic acids is 1. The van der Waals surface area contributed by atoms with Gasteiger partial charge in [-0.25, -0.2) is 8.42 Å².